The molecule has 2 aromatic carbocycles. The van der Waals surface area contributed by atoms with Crippen LogP contribution in [0, 0.1) is 0 Å². The monoisotopic (exact) mass is 550 g/mol. The van der Waals surface area contributed by atoms with Crippen LogP contribution in [0.3, 0.4) is 0 Å². The minimum atomic E-state index is 0.0530. The molecule has 0 saturated heterocycles. The van der Waals surface area contributed by atoms with Crippen LogP contribution in [0.15, 0.2) is 59.6 Å². The Morgan fingerprint density at radius 3 is 2.08 bits per heavy atom. The summed E-state index contributed by atoms with van der Waals surface area (Å²) in [4.78, 5) is 18.2. The van der Waals surface area contributed by atoms with Gasteiger partial charge in [-0.15, -0.1) is 11.8 Å². The molecule has 0 unspecified atom stereocenters. The highest BCUT2D eigenvalue weighted by atomic mass is 32.2. The minimum Gasteiger partial charge on any atom is -0.494 e. The first-order valence-electron chi connectivity index (χ1n) is 15.2. The zero-order valence-electron chi connectivity index (χ0n) is 24.6. The number of amides is 1. The molecule has 1 heterocycles. The number of allylic oxidation sites excluding steroid dienone is 1. The number of unbranched alkanes of at least 4 members (excludes halogenated alkanes) is 11. The first kappa shape index (κ1) is 31.1. The Hall–Kier alpha value is -2.40. The summed E-state index contributed by atoms with van der Waals surface area (Å²) in [5.74, 6) is 1.92. The predicted octanol–water partition coefficient (Wildman–Crippen LogP) is 9.69. The second-order valence-electron chi connectivity index (χ2n) is 10.9. The molecule has 0 bridgehead atoms. The maximum Gasteiger partial charge on any atom is 0.224 e. The average molecular weight is 551 g/mol. The molecule has 0 saturated carbocycles. The van der Waals surface area contributed by atoms with Crippen molar-refractivity contribution in [3.8, 4) is 5.75 Å². The Bertz CT molecular complexity index is 1000. The number of ether oxygens (including phenoxy) is 1. The van der Waals surface area contributed by atoms with Gasteiger partial charge in [-0.1, -0.05) is 108 Å². The van der Waals surface area contributed by atoms with Crippen molar-refractivity contribution in [2.45, 2.75) is 111 Å². The molecule has 2 aromatic rings. The average Bonchev–Trinajstić information content (AvgIpc) is 3.35. The number of rotatable bonds is 19. The molecule has 214 valence electrons. The van der Waals surface area contributed by atoms with E-state index in [1.165, 1.54) is 81.1 Å². The number of benzene rings is 2. The van der Waals surface area contributed by atoms with Gasteiger partial charge in [0.25, 0.3) is 0 Å². The molecule has 3 rings (SSSR count). The van der Waals surface area contributed by atoms with Crippen molar-refractivity contribution in [2.75, 3.05) is 17.4 Å². The van der Waals surface area contributed by atoms with Crippen molar-refractivity contribution < 1.29 is 9.53 Å². The lowest BCUT2D eigenvalue weighted by molar-refractivity contribution is -0.116. The summed E-state index contributed by atoms with van der Waals surface area (Å²) in [7, 11) is 0. The van der Waals surface area contributed by atoms with Crippen LogP contribution < -0.4 is 9.64 Å². The zero-order valence-corrected chi connectivity index (χ0v) is 25.4. The smallest absolute Gasteiger partial charge is 0.224 e. The molecular formula is C34H50N2O2S. The number of thioether (sulfide) groups is 1. The number of anilines is 1. The lowest BCUT2D eigenvalue weighted by atomic mass is 10.1. The lowest BCUT2D eigenvalue weighted by Crippen LogP contribution is -2.29. The van der Waals surface area contributed by atoms with Gasteiger partial charge in [0.1, 0.15) is 5.75 Å². The Kier molecular flexibility index (Phi) is 14.4. The van der Waals surface area contributed by atoms with E-state index in [9.17, 15) is 4.79 Å². The molecule has 4 nitrogen and oxygen atoms in total. The molecular weight excluding hydrogens is 500 g/mol. The van der Waals surface area contributed by atoms with Crippen LogP contribution in [0.4, 0.5) is 5.69 Å². The number of para-hydroxylation sites is 1. The topological polar surface area (TPSA) is 32.8 Å². The molecule has 0 aromatic heterocycles. The van der Waals surface area contributed by atoms with Crippen LogP contribution in [0.5, 0.6) is 5.75 Å². The summed E-state index contributed by atoms with van der Waals surface area (Å²) in [6.07, 6.45) is 18.4. The third-order valence-corrected chi connectivity index (χ3v) is 8.41. The van der Waals surface area contributed by atoms with Crippen LogP contribution in [0.1, 0.15) is 109 Å². The summed E-state index contributed by atoms with van der Waals surface area (Å²) < 4.78 is 6.00. The second kappa shape index (κ2) is 18.0. The van der Waals surface area contributed by atoms with E-state index >= 15 is 0 Å². The molecule has 0 N–H and O–H groups in total. The van der Waals surface area contributed by atoms with E-state index in [0.29, 0.717) is 6.54 Å². The fourth-order valence-electron chi connectivity index (χ4n) is 5.11. The fraction of sp³-hybridized carbons (Fsp3) is 0.559. The van der Waals surface area contributed by atoms with Crippen LogP contribution in [-0.2, 0) is 17.9 Å². The van der Waals surface area contributed by atoms with Crippen molar-refractivity contribution >= 4 is 23.4 Å². The first-order chi connectivity index (χ1) is 19.1. The highest BCUT2D eigenvalue weighted by Crippen LogP contribution is 2.30. The molecule has 39 heavy (non-hydrogen) atoms. The van der Waals surface area contributed by atoms with E-state index in [1.807, 2.05) is 34.9 Å². The van der Waals surface area contributed by atoms with Crippen molar-refractivity contribution in [3.63, 3.8) is 0 Å². The van der Waals surface area contributed by atoms with E-state index in [-0.39, 0.29) is 5.91 Å². The molecule has 0 atom stereocenters. The van der Waals surface area contributed by atoms with Gasteiger partial charge in [-0.3, -0.25) is 4.79 Å². The molecule has 1 aliphatic heterocycles. The Morgan fingerprint density at radius 1 is 0.872 bits per heavy atom. The highest BCUT2D eigenvalue weighted by molar-refractivity contribution is 8.03. The normalized spacial score (nSPS) is 13.0. The second-order valence-corrected chi connectivity index (χ2v) is 12.1. The van der Waals surface area contributed by atoms with Gasteiger partial charge < -0.3 is 14.5 Å². The third-order valence-electron chi connectivity index (χ3n) is 7.39. The van der Waals surface area contributed by atoms with E-state index in [1.54, 1.807) is 6.92 Å². The number of carbonyl (C=O) groups is 1. The summed E-state index contributed by atoms with van der Waals surface area (Å²) in [5, 5.41) is 0. The lowest BCUT2D eigenvalue weighted by Gasteiger charge is -2.26. The van der Waals surface area contributed by atoms with E-state index < -0.39 is 0 Å². The molecule has 0 radical (unpaired) electrons. The Morgan fingerprint density at radius 2 is 1.49 bits per heavy atom. The minimum absolute atomic E-state index is 0.0530. The van der Waals surface area contributed by atoms with Gasteiger partial charge in [-0.25, -0.2) is 0 Å². The number of hydrogen-bond donors (Lipinski definition) is 0. The summed E-state index contributed by atoms with van der Waals surface area (Å²) in [6, 6.07) is 16.5. The number of nitrogens with zero attached hydrogens (tertiary/aromatic N) is 2. The molecule has 0 fully saturated rings. The quantitative estimate of drug-likeness (QED) is 0.163. The van der Waals surface area contributed by atoms with Gasteiger partial charge in [-0.2, -0.15) is 0 Å². The van der Waals surface area contributed by atoms with Gasteiger partial charge in [-0.05, 0) is 47.6 Å². The Balaban J connectivity index is 1.37. The van der Waals surface area contributed by atoms with Gasteiger partial charge in [0.05, 0.1) is 19.0 Å². The van der Waals surface area contributed by atoms with Gasteiger partial charge in [0.15, 0.2) is 0 Å². The maximum absolute atomic E-state index is 12.7. The molecule has 0 spiro atoms. The summed E-state index contributed by atoms with van der Waals surface area (Å²) in [5.41, 5.74) is 3.26. The maximum atomic E-state index is 12.7. The van der Waals surface area contributed by atoms with E-state index in [2.05, 4.69) is 55.3 Å². The standard InChI is InChI=1S/C34H50N2O2S/c1-4-5-6-7-8-9-10-11-12-13-14-17-24-38-33-22-20-31(21-23-33)26-36(30(3)37)34-19-16-15-18-32(34)27-35-25-29(2)39-28-35/h15-16,18-23,25H,4-14,17,24,26-28H2,1-3H3. The first-order valence-corrected chi connectivity index (χ1v) is 16.2. The summed E-state index contributed by atoms with van der Waals surface area (Å²) >= 11 is 1.86. The molecule has 0 aliphatic carbocycles. The largest absolute Gasteiger partial charge is 0.494 e. The highest BCUT2D eigenvalue weighted by Gasteiger charge is 2.18. The predicted molar refractivity (Wildman–Crippen MR) is 168 cm³/mol. The van der Waals surface area contributed by atoms with E-state index in [4.69, 9.17) is 4.74 Å². The van der Waals surface area contributed by atoms with Gasteiger partial charge >= 0.3 is 0 Å². The summed E-state index contributed by atoms with van der Waals surface area (Å²) in [6.45, 7) is 8.20. The van der Waals surface area contributed by atoms with E-state index in [0.717, 1.165) is 42.4 Å². The molecule has 1 amide bonds. The SMILES string of the molecule is CCCCCCCCCCCCCCOc1ccc(CN(C(C)=O)c2ccccc2CN2C=C(C)SC2)cc1. The van der Waals surface area contributed by atoms with Crippen LogP contribution in [-0.4, -0.2) is 23.3 Å². The van der Waals surface area contributed by atoms with Crippen LogP contribution in [0.25, 0.3) is 0 Å². The Labute approximate surface area is 242 Å². The number of hydrogen-bond acceptors (Lipinski definition) is 4. The third kappa shape index (κ3) is 11.7. The fourth-order valence-corrected chi connectivity index (χ4v) is 5.87. The van der Waals surface area contributed by atoms with Gasteiger partial charge in [0.2, 0.25) is 5.91 Å². The zero-order chi connectivity index (χ0) is 27.7. The van der Waals surface area contributed by atoms with Crippen molar-refractivity contribution in [1.82, 2.24) is 4.90 Å². The van der Waals surface area contributed by atoms with Gasteiger partial charge in [0, 0.05) is 25.4 Å². The molecule has 1 aliphatic rings. The number of carbonyl (C=O) groups excluding carboxylic acids is 1. The van der Waals surface area contributed by atoms with Crippen LogP contribution in [0.2, 0.25) is 0 Å². The van der Waals surface area contributed by atoms with Crippen molar-refractivity contribution in [2.24, 2.45) is 0 Å². The van der Waals surface area contributed by atoms with Crippen molar-refractivity contribution in [1.29, 1.82) is 0 Å². The molecule has 5 heteroatoms. The van der Waals surface area contributed by atoms with Crippen molar-refractivity contribution in [3.05, 3.63) is 70.8 Å². The van der Waals surface area contributed by atoms with Crippen LogP contribution >= 0.6 is 11.8 Å².